The van der Waals surface area contributed by atoms with E-state index in [-0.39, 0.29) is 6.04 Å². The van der Waals surface area contributed by atoms with Gasteiger partial charge in [0, 0.05) is 19.1 Å². The summed E-state index contributed by atoms with van der Waals surface area (Å²) in [6.45, 7) is 7.08. The molecule has 1 aliphatic carbocycles. The third-order valence-electron chi connectivity index (χ3n) is 3.90. The van der Waals surface area contributed by atoms with E-state index in [2.05, 4.69) is 48.4 Å². The normalized spacial score (nSPS) is 23.2. The molecule has 0 amide bonds. The summed E-state index contributed by atoms with van der Waals surface area (Å²) >= 11 is 0. The fourth-order valence-electron chi connectivity index (χ4n) is 2.57. The Balaban J connectivity index is 1.89. The maximum Gasteiger partial charge on any atom is 0.189 e. The van der Waals surface area contributed by atoms with Crippen molar-refractivity contribution >= 4 is 5.96 Å². The highest BCUT2D eigenvalue weighted by molar-refractivity contribution is 5.78. The van der Waals surface area contributed by atoms with Gasteiger partial charge in [0.15, 0.2) is 5.96 Å². The SMILES string of the molecule is COCC(C)NC(N)=NC1CC1c1ccc(C(C)C)cc1. The molecule has 0 radical (unpaired) electrons. The van der Waals surface area contributed by atoms with Crippen LogP contribution in [-0.2, 0) is 4.74 Å². The number of ether oxygens (including phenoxy) is 1. The number of nitrogens with one attached hydrogen (secondary N) is 1. The Morgan fingerprint density at radius 3 is 2.57 bits per heavy atom. The van der Waals surface area contributed by atoms with E-state index in [0.29, 0.717) is 30.4 Å². The lowest BCUT2D eigenvalue weighted by atomic mass is 10.0. The molecule has 3 atom stereocenters. The number of hydrogen-bond donors (Lipinski definition) is 2. The second kappa shape index (κ2) is 6.94. The molecular formula is C17H27N3O. The van der Waals surface area contributed by atoms with Crippen LogP contribution in [0.15, 0.2) is 29.3 Å². The van der Waals surface area contributed by atoms with Crippen molar-refractivity contribution in [2.75, 3.05) is 13.7 Å². The third-order valence-corrected chi connectivity index (χ3v) is 3.90. The van der Waals surface area contributed by atoms with Gasteiger partial charge in [-0.15, -0.1) is 0 Å². The monoisotopic (exact) mass is 289 g/mol. The molecule has 0 aliphatic heterocycles. The smallest absolute Gasteiger partial charge is 0.189 e. The number of nitrogens with two attached hydrogens (primary N) is 1. The number of benzene rings is 1. The van der Waals surface area contributed by atoms with Crippen molar-refractivity contribution in [3.63, 3.8) is 0 Å². The summed E-state index contributed by atoms with van der Waals surface area (Å²) in [7, 11) is 1.68. The molecule has 21 heavy (non-hydrogen) atoms. The zero-order chi connectivity index (χ0) is 15.4. The largest absolute Gasteiger partial charge is 0.383 e. The van der Waals surface area contributed by atoms with Crippen LogP contribution in [0.5, 0.6) is 0 Å². The Morgan fingerprint density at radius 2 is 2.00 bits per heavy atom. The van der Waals surface area contributed by atoms with Crippen molar-refractivity contribution < 1.29 is 4.74 Å². The van der Waals surface area contributed by atoms with Gasteiger partial charge in [0.2, 0.25) is 0 Å². The number of nitrogens with zero attached hydrogens (tertiary/aromatic N) is 1. The Bertz CT molecular complexity index is 481. The summed E-state index contributed by atoms with van der Waals surface area (Å²) in [5.41, 5.74) is 8.68. The Labute approximate surface area is 127 Å². The first-order valence-corrected chi connectivity index (χ1v) is 7.69. The summed E-state index contributed by atoms with van der Waals surface area (Å²) in [4.78, 5) is 4.55. The highest BCUT2D eigenvalue weighted by Crippen LogP contribution is 2.43. The summed E-state index contributed by atoms with van der Waals surface area (Å²) in [6, 6.07) is 9.40. The molecule has 1 fully saturated rings. The molecule has 0 heterocycles. The van der Waals surface area contributed by atoms with Crippen LogP contribution in [0.3, 0.4) is 0 Å². The van der Waals surface area contributed by atoms with Crippen molar-refractivity contribution in [2.24, 2.45) is 10.7 Å². The van der Waals surface area contributed by atoms with Gasteiger partial charge < -0.3 is 15.8 Å². The average Bonchev–Trinajstić information content (AvgIpc) is 3.18. The molecule has 1 aromatic rings. The molecule has 4 heteroatoms. The second-order valence-corrected chi connectivity index (χ2v) is 6.25. The van der Waals surface area contributed by atoms with E-state index in [0.717, 1.165) is 6.42 Å². The van der Waals surface area contributed by atoms with Gasteiger partial charge >= 0.3 is 0 Å². The third kappa shape index (κ3) is 4.46. The van der Waals surface area contributed by atoms with Crippen LogP contribution >= 0.6 is 0 Å². The maximum atomic E-state index is 5.93. The van der Waals surface area contributed by atoms with E-state index >= 15 is 0 Å². The van der Waals surface area contributed by atoms with Gasteiger partial charge in [-0.25, -0.2) is 4.99 Å². The molecule has 1 aliphatic rings. The van der Waals surface area contributed by atoms with E-state index in [1.807, 2.05) is 6.92 Å². The minimum absolute atomic E-state index is 0.182. The first-order valence-electron chi connectivity index (χ1n) is 7.69. The molecule has 4 nitrogen and oxygen atoms in total. The molecular weight excluding hydrogens is 262 g/mol. The predicted molar refractivity (Wildman–Crippen MR) is 87.8 cm³/mol. The average molecular weight is 289 g/mol. The van der Waals surface area contributed by atoms with Crippen LogP contribution in [0.4, 0.5) is 0 Å². The lowest BCUT2D eigenvalue weighted by molar-refractivity contribution is 0.179. The Kier molecular flexibility index (Phi) is 5.23. The maximum absolute atomic E-state index is 5.93. The van der Waals surface area contributed by atoms with E-state index in [1.54, 1.807) is 7.11 Å². The molecule has 1 saturated carbocycles. The van der Waals surface area contributed by atoms with Crippen molar-refractivity contribution in [1.82, 2.24) is 5.32 Å². The fraction of sp³-hybridized carbons (Fsp3) is 0.588. The van der Waals surface area contributed by atoms with Gasteiger partial charge in [0.05, 0.1) is 12.6 Å². The van der Waals surface area contributed by atoms with E-state index in [4.69, 9.17) is 10.5 Å². The summed E-state index contributed by atoms with van der Waals surface area (Å²) in [6.07, 6.45) is 1.09. The lowest BCUT2D eigenvalue weighted by Crippen LogP contribution is -2.40. The van der Waals surface area contributed by atoms with Crippen LogP contribution in [0.1, 0.15) is 50.2 Å². The van der Waals surface area contributed by atoms with Crippen LogP contribution < -0.4 is 11.1 Å². The van der Waals surface area contributed by atoms with E-state index in [1.165, 1.54) is 11.1 Å². The van der Waals surface area contributed by atoms with Crippen LogP contribution in [-0.4, -0.2) is 31.8 Å². The van der Waals surface area contributed by atoms with Crippen molar-refractivity contribution in [1.29, 1.82) is 0 Å². The van der Waals surface area contributed by atoms with Crippen molar-refractivity contribution in [2.45, 2.75) is 51.1 Å². The van der Waals surface area contributed by atoms with Crippen LogP contribution in [0.25, 0.3) is 0 Å². The zero-order valence-corrected chi connectivity index (χ0v) is 13.5. The molecule has 3 unspecified atom stereocenters. The minimum atomic E-state index is 0.182. The van der Waals surface area contributed by atoms with Gasteiger partial charge in [0.25, 0.3) is 0 Å². The van der Waals surface area contributed by atoms with Crippen molar-refractivity contribution in [3.8, 4) is 0 Å². The molecule has 0 bridgehead atoms. The molecule has 1 aromatic carbocycles. The standard InChI is InChI=1S/C17H27N3O/c1-11(2)13-5-7-14(8-6-13)15-9-16(15)20-17(18)19-12(3)10-21-4/h5-8,11-12,15-16H,9-10H2,1-4H3,(H3,18,19,20). The minimum Gasteiger partial charge on any atom is -0.383 e. The van der Waals surface area contributed by atoms with Gasteiger partial charge in [0.1, 0.15) is 0 Å². The first kappa shape index (κ1) is 15.8. The van der Waals surface area contributed by atoms with Gasteiger partial charge in [-0.2, -0.15) is 0 Å². The first-order chi connectivity index (χ1) is 10.0. The second-order valence-electron chi connectivity index (χ2n) is 6.25. The molecule has 0 spiro atoms. The highest BCUT2D eigenvalue weighted by atomic mass is 16.5. The van der Waals surface area contributed by atoms with Crippen LogP contribution in [0.2, 0.25) is 0 Å². The molecule has 0 saturated heterocycles. The Hall–Kier alpha value is -1.55. The quantitative estimate of drug-likeness (QED) is 0.625. The number of methoxy groups -OCH3 is 1. The van der Waals surface area contributed by atoms with Gasteiger partial charge in [-0.3, -0.25) is 0 Å². The van der Waals surface area contributed by atoms with E-state index < -0.39 is 0 Å². The lowest BCUT2D eigenvalue weighted by Gasteiger charge is -2.13. The van der Waals surface area contributed by atoms with Gasteiger partial charge in [-0.05, 0) is 30.4 Å². The highest BCUT2D eigenvalue weighted by Gasteiger charge is 2.38. The van der Waals surface area contributed by atoms with E-state index in [9.17, 15) is 0 Å². The number of hydrogen-bond acceptors (Lipinski definition) is 2. The zero-order valence-electron chi connectivity index (χ0n) is 13.5. The van der Waals surface area contributed by atoms with Crippen molar-refractivity contribution in [3.05, 3.63) is 35.4 Å². The topological polar surface area (TPSA) is 59.6 Å². The summed E-state index contributed by atoms with van der Waals surface area (Å²) in [5.74, 6) is 1.62. The van der Waals surface area contributed by atoms with Crippen LogP contribution in [0, 0.1) is 0 Å². The Morgan fingerprint density at radius 1 is 1.33 bits per heavy atom. The molecule has 3 N–H and O–H groups in total. The predicted octanol–water partition coefficient (Wildman–Crippen LogP) is 2.61. The number of aliphatic imine (C=N–C) groups is 1. The summed E-state index contributed by atoms with van der Waals surface area (Å²) < 4.78 is 5.07. The fourth-order valence-corrected chi connectivity index (χ4v) is 2.57. The van der Waals surface area contributed by atoms with Gasteiger partial charge in [-0.1, -0.05) is 38.1 Å². The number of rotatable bonds is 6. The summed E-state index contributed by atoms with van der Waals surface area (Å²) in [5, 5.41) is 3.15. The molecule has 116 valence electrons. The number of guanidine groups is 1. The molecule has 2 rings (SSSR count). The molecule has 0 aromatic heterocycles.